The van der Waals surface area contributed by atoms with E-state index in [2.05, 4.69) is 34.1 Å². The number of anilines is 1. The molecular formula is C25H32N2O5S. The summed E-state index contributed by atoms with van der Waals surface area (Å²) >= 11 is 1.34. The maximum Gasteiger partial charge on any atom is 0.325 e. The molecule has 0 amide bonds. The van der Waals surface area contributed by atoms with Crippen LogP contribution in [0.1, 0.15) is 12.8 Å². The molecule has 0 unspecified atom stereocenters. The predicted octanol–water partition coefficient (Wildman–Crippen LogP) is 3.05. The molecule has 0 bridgehead atoms. The van der Waals surface area contributed by atoms with E-state index in [1.807, 2.05) is 18.2 Å². The van der Waals surface area contributed by atoms with Crippen LogP contribution in [-0.4, -0.2) is 80.4 Å². The van der Waals surface area contributed by atoms with Crippen LogP contribution in [0.4, 0.5) is 5.69 Å². The number of carbonyl (C=O) groups is 1. The monoisotopic (exact) mass is 472 g/mol. The van der Waals surface area contributed by atoms with Crippen molar-refractivity contribution in [3.05, 3.63) is 48.5 Å². The molecule has 0 aliphatic carbocycles. The SMILES string of the molecule is COC(=O)[C@@]1(CCCN2CCN(c3ccccc3)CC2)Sc2ccc(OC)cc2OC[C@@H]1O. The molecule has 2 aromatic rings. The molecule has 0 spiro atoms. The fourth-order valence-electron chi connectivity index (χ4n) is 4.48. The van der Waals surface area contributed by atoms with Gasteiger partial charge in [-0.3, -0.25) is 9.69 Å². The summed E-state index contributed by atoms with van der Waals surface area (Å²) in [6.45, 7) is 4.80. The van der Waals surface area contributed by atoms with Gasteiger partial charge in [0.05, 0.1) is 19.1 Å². The first-order chi connectivity index (χ1) is 16.1. The van der Waals surface area contributed by atoms with E-state index in [1.165, 1.54) is 24.6 Å². The number of fused-ring (bicyclic) bond motifs is 1. The quantitative estimate of drug-likeness (QED) is 0.617. The Hall–Kier alpha value is -2.42. The van der Waals surface area contributed by atoms with Crippen LogP contribution in [0.2, 0.25) is 0 Å². The van der Waals surface area contributed by atoms with Crippen molar-refractivity contribution in [2.24, 2.45) is 0 Å². The second kappa shape index (κ2) is 10.7. The molecule has 1 N–H and O–H groups in total. The standard InChI is InChI=1S/C25H32N2O5S/c1-30-20-9-10-22-21(17-20)32-18-23(28)25(33-22,24(29)31-2)11-6-12-26-13-15-27(16-14-26)19-7-4-3-5-8-19/h3-5,7-10,17,23,28H,6,11-16,18H2,1-2H3/t23-,25-/m0/s1. The Balaban J connectivity index is 1.40. The van der Waals surface area contributed by atoms with E-state index in [0.29, 0.717) is 17.9 Å². The van der Waals surface area contributed by atoms with E-state index in [4.69, 9.17) is 14.2 Å². The van der Waals surface area contributed by atoms with E-state index in [1.54, 1.807) is 13.2 Å². The number of methoxy groups -OCH3 is 2. The number of nitrogens with zero attached hydrogens (tertiary/aromatic N) is 2. The summed E-state index contributed by atoms with van der Waals surface area (Å²) in [7, 11) is 2.97. The minimum atomic E-state index is -1.11. The van der Waals surface area contributed by atoms with E-state index in [9.17, 15) is 9.90 Å². The highest BCUT2D eigenvalue weighted by atomic mass is 32.2. The molecular weight excluding hydrogens is 440 g/mol. The predicted molar refractivity (Wildman–Crippen MR) is 129 cm³/mol. The van der Waals surface area contributed by atoms with Crippen LogP contribution in [0.5, 0.6) is 11.5 Å². The summed E-state index contributed by atoms with van der Waals surface area (Å²) < 4.78 is 15.2. The molecule has 7 nitrogen and oxygen atoms in total. The summed E-state index contributed by atoms with van der Waals surface area (Å²) in [4.78, 5) is 18.6. The number of hydrogen-bond acceptors (Lipinski definition) is 8. The zero-order chi connectivity index (χ0) is 23.3. The maximum absolute atomic E-state index is 13.0. The Labute approximate surface area is 199 Å². The number of thioether (sulfide) groups is 1. The highest BCUT2D eigenvalue weighted by Gasteiger charge is 2.49. The Kier molecular flexibility index (Phi) is 7.67. The van der Waals surface area contributed by atoms with Gasteiger partial charge < -0.3 is 24.2 Å². The van der Waals surface area contributed by atoms with E-state index >= 15 is 0 Å². The van der Waals surface area contributed by atoms with Gasteiger partial charge in [-0.25, -0.2) is 0 Å². The van der Waals surface area contributed by atoms with Gasteiger partial charge in [-0.15, -0.1) is 11.8 Å². The topological polar surface area (TPSA) is 71.5 Å². The summed E-state index contributed by atoms with van der Waals surface area (Å²) in [5.41, 5.74) is 1.26. The van der Waals surface area contributed by atoms with Crippen molar-refractivity contribution in [2.75, 3.05) is 58.5 Å². The second-order valence-electron chi connectivity index (χ2n) is 8.39. The third-order valence-electron chi connectivity index (χ3n) is 6.43. The van der Waals surface area contributed by atoms with E-state index < -0.39 is 16.8 Å². The number of piperazine rings is 1. The number of ether oxygens (including phenoxy) is 3. The average molecular weight is 473 g/mol. The highest BCUT2D eigenvalue weighted by Crippen LogP contribution is 2.47. The van der Waals surface area contributed by atoms with E-state index in [0.717, 1.165) is 44.0 Å². The van der Waals surface area contributed by atoms with Gasteiger partial charge in [0, 0.05) is 37.9 Å². The molecule has 0 aromatic heterocycles. The lowest BCUT2D eigenvalue weighted by atomic mass is 9.95. The van der Waals surface area contributed by atoms with Crippen molar-refractivity contribution in [3.8, 4) is 11.5 Å². The van der Waals surface area contributed by atoms with Gasteiger partial charge in [-0.1, -0.05) is 18.2 Å². The first kappa shape index (κ1) is 23.7. The molecule has 8 heteroatoms. The van der Waals surface area contributed by atoms with Gasteiger partial charge in [0.2, 0.25) is 0 Å². The van der Waals surface area contributed by atoms with Crippen LogP contribution < -0.4 is 14.4 Å². The number of para-hydroxylation sites is 1. The van der Waals surface area contributed by atoms with Crippen molar-refractivity contribution in [1.29, 1.82) is 0 Å². The smallest absolute Gasteiger partial charge is 0.325 e. The van der Waals surface area contributed by atoms with Gasteiger partial charge in [0.1, 0.15) is 29.0 Å². The minimum absolute atomic E-state index is 0.0258. The molecule has 2 heterocycles. The summed E-state index contributed by atoms with van der Waals surface area (Å²) in [6.07, 6.45) is 0.290. The highest BCUT2D eigenvalue weighted by molar-refractivity contribution is 8.01. The average Bonchev–Trinajstić information content (AvgIpc) is 3.01. The summed E-state index contributed by atoms with van der Waals surface area (Å²) in [6, 6.07) is 16.0. The molecule has 4 rings (SSSR count). The largest absolute Gasteiger partial charge is 0.497 e. The van der Waals surface area contributed by atoms with Crippen molar-refractivity contribution < 1.29 is 24.1 Å². The van der Waals surface area contributed by atoms with E-state index in [-0.39, 0.29) is 6.61 Å². The van der Waals surface area contributed by atoms with Crippen molar-refractivity contribution in [2.45, 2.75) is 28.6 Å². The lowest BCUT2D eigenvalue weighted by Gasteiger charge is -2.37. The summed E-state index contributed by atoms with van der Waals surface area (Å²) in [5, 5.41) is 11.0. The van der Waals surface area contributed by atoms with Crippen molar-refractivity contribution >= 4 is 23.4 Å². The Morgan fingerprint density at radius 1 is 1.15 bits per heavy atom. The number of aliphatic hydroxyl groups is 1. The number of aliphatic hydroxyl groups excluding tert-OH is 1. The zero-order valence-electron chi connectivity index (χ0n) is 19.2. The molecule has 0 saturated carbocycles. The maximum atomic E-state index is 13.0. The van der Waals surface area contributed by atoms with Crippen LogP contribution in [0, 0.1) is 0 Å². The Morgan fingerprint density at radius 3 is 2.61 bits per heavy atom. The lowest BCUT2D eigenvalue weighted by molar-refractivity contribution is -0.147. The number of benzene rings is 2. The van der Waals surface area contributed by atoms with Crippen LogP contribution in [0.3, 0.4) is 0 Å². The van der Waals surface area contributed by atoms with Crippen LogP contribution >= 0.6 is 11.8 Å². The molecule has 0 radical (unpaired) electrons. The molecule has 1 fully saturated rings. The molecule has 2 aliphatic heterocycles. The first-order valence-electron chi connectivity index (χ1n) is 11.3. The molecule has 33 heavy (non-hydrogen) atoms. The van der Waals surface area contributed by atoms with Gasteiger partial charge in [0.15, 0.2) is 0 Å². The summed E-state index contributed by atoms with van der Waals surface area (Å²) in [5.74, 6) is 0.867. The molecule has 178 valence electrons. The first-order valence-corrected chi connectivity index (χ1v) is 12.2. The number of rotatable bonds is 7. The third-order valence-corrected chi connectivity index (χ3v) is 7.99. The zero-order valence-corrected chi connectivity index (χ0v) is 20.1. The van der Waals surface area contributed by atoms with Crippen LogP contribution in [0.15, 0.2) is 53.4 Å². The number of carbonyl (C=O) groups excluding carboxylic acids is 1. The van der Waals surface area contributed by atoms with Gasteiger partial charge in [-0.05, 0) is 43.7 Å². The van der Waals surface area contributed by atoms with Gasteiger partial charge in [0.25, 0.3) is 0 Å². The lowest BCUT2D eigenvalue weighted by Crippen LogP contribution is -2.50. The fourth-order valence-corrected chi connectivity index (χ4v) is 5.85. The van der Waals surface area contributed by atoms with Crippen LogP contribution in [0.25, 0.3) is 0 Å². The molecule has 1 saturated heterocycles. The Bertz CT molecular complexity index is 936. The van der Waals surface area contributed by atoms with Crippen molar-refractivity contribution in [3.63, 3.8) is 0 Å². The van der Waals surface area contributed by atoms with Gasteiger partial charge >= 0.3 is 5.97 Å². The minimum Gasteiger partial charge on any atom is -0.497 e. The second-order valence-corrected chi connectivity index (χ2v) is 9.76. The molecule has 2 atom stereocenters. The van der Waals surface area contributed by atoms with Crippen LogP contribution in [-0.2, 0) is 9.53 Å². The van der Waals surface area contributed by atoms with Gasteiger partial charge in [-0.2, -0.15) is 0 Å². The number of hydrogen-bond donors (Lipinski definition) is 1. The Morgan fingerprint density at radius 2 is 1.91 bits per heavy atom. The molecule has 2 aromatic carbocycles. The fraction of sp³-hybridized carbons (Fsp3) is 0.480. The van der Waals surface area contributed by atoms with Crippen molar-refractivity contribution in [1.82, 2.24) is 4.90 Å². The number of esters is 1. The third kappa shape index (κ3) is 5.23. The molecule has 2 aliphatic rings. The normalized spacial score (nSPS) is 23.2.